The number of aliphatic hydroxyl groups excluding tert-OH is 1. The molecule has 1 fully saturated rings. The Labute approximate surface area is 409 Å². The van der Waals surface area contributed by atoms with Gasteiger partial charge in [0, 0.05) is 25.9 Å². The Balaban J connectivity index is 0.906. The maximum absolute atomic E-state index is 14.1. The number of β-amino-alcohol motifs (C(OH)–C–C–N with tert-alkyl or cyclic N) is 1. The summed E-state index contributed by atoms with van der Waals surface area (Å²) in [5.41, 5.74) is 10.4. The lowest BCUT2D eigenvalue weighted by Crippen LogP contribution is -2.57. The molecule has 4 atom stereocenters. The van der Waals surface area contributed by atoms with E-state index in [0.717, 1.165) is 85.6 Å². The lowest BCUT2D eigenvalue weighted by atomic mass is 9.85. The minimum atomic E-state index is -0.845. The van der Waals surface area contributed by atoms with E-state index in [1.807, 2.05) is 64.4 Å². The van der Waals surface area contributed by atoms with Crippen LogP contribution in [-0.4, -0.2) is 88.6 Å². The third-order valence-electron chi connectivity index (χ3n) is 13.0. The van der Waals surface area contributed by atoms with E-state index in [-0.39, 0.29) is 36.7 Å². The van der Waals surface area contributed by atoms with E-state index >= 15 is 0 Å². The number of allylic oxidation sites excluding steroid dienone is 1. The summed E-state index contributed by atoms with van der Waals surface area (Å²) in [6.45, 7) is 17.5. The average Bonchev–Trinajstić information content (AvgIpc) is 3.96. The molecule has 1 aliphatic rings. The molecular formula is C57H73N5O5S. The van der Waals surface area contributed by atoms with Crippen molar-refractivity contribution in [1.29, 1.82) is 0 Å². The number of nitrogens with one attached hydrogen (secondary N) is 2. The summed E-state index contributed by atoms with van der Waals surface area (Å²) in [6.07, 6.45) is 5.36. The number of aryl methyl sites for hydroxylation is 1. The van der Waals surface area contributed by atoms with Gasteiger partial charge in [-0.05, 0) is 103 Å². The number of hydrogen-bond acceptors (Lipinski definition) is 8. The molecule has 11 heteroatoms. The van der Waals surface area contributed by atoms with Gasteiger partial charge in [0.25, 0.3) is 0 Å². The van der Waals surface area contributed by atoms with E-state index in [1.54, 1.807) is 11.3 Å². The van der Waals surface area contributed by atoms with Crippen LogP contribution in [0.5, 0.6) is 5.75 Å². The number of carbonyl (C=O) groups excluding carboxylic acids is 3. The first-order chi connectivity index (χ1) is 32.8. The molecule has 1 saturated heterocycles. The van der Waals surface area contributed by atoms with Crippen molar-refractivity contribution in [3.05, 3.63) is 143 Å². The standard InChI is InChI=1S/C57H73N5O5S/c1-8-49(43-21-15-13-16-22-43)52(44-23-17-14-18-24-44)45-30-32-48(33-31-45)67-36-35-61(9-2)34-20-12-10-11-19-25-51(64)60-54(57(5,6)7)56(66)62-38-47(63)37-50(62)55(65)59-40(3)42-26-28-46(29-27-42)53-41(4)58-39-68-53/h13-18,21-24,26-33,39-40,47,50,54,63H,8-12,19-20,25,34-38H2,1-7H3,(H,59,65)(H,60,64)/b52-49-/t40-,47+,50-,54+/m0/s1. The minimum Gasteiger partial charge on any atom is -0.492 e. The lowest BCUT2D eigenvalue weighted by molar-refractivity contribution is -0.144. The first-order valence-electron chi connectivity index (χ1n) is 24.7. The summed E-state index contributed by atoms with van der Waals surface area (Å²) in [4.78, 5) is 50.5. The number of ether oxygens (including phenoxy) is 1. The van der Waals surface area contributed by atoms with Gasteiger partial charge in [0.15, 0.2) is 0 Å². The number of hydrogen-bond donors (Lipinski definition) is 3. The van der Waals surface area contributed by atoms with E-state index in [0.29, 0.717) is 13.0 Å². The minimum absolute atomic E-state index is 0.0386. The Morgan fingerprint density at radius 1 is 0.824 bits per heavy atom. The van der Waals surface area contributed by atoms with Gasteiger partial charge in [-0.2, -0.15) is 0 Å². The number of aromatic nitrogens is 1. The van der Waals surface area contributed by atoms with Crippen LogP contribution >= 0.6 is 11.3 Å². The normalized spacial score (nSPS) is 16.3. The molecule has 4 aromatic carbocycles. The van der Waals surface area contributed by atoms with E-state index in [4.69, 9.17) is 4.74 Å². The Kier molecular flexibility index (Phi) is 19.1. The van der Waals surface area contributed by atoms with Gasteiger partial charge < -0.3 is 30.3 Å². The molecule has 68 heavy (non-hydrogen) atoms. The number of likely N-dealkylation sites (tertiary alicyclic amines) is 1. The number of amides is 3. The molecule has 6 rings (SSSR count). The largest absolute Gasteiger partial charge is 0.492 e. The van der Waals surface area contributed by atoms with Gasteiger partial charge in [0.2, 0.25) is 17.7 Å². The molecule has 5 aromatic rings. The van der Waals surface area contributed by atoms with Crippen LogP contribution in [0.25, 0.3) is 21.6 Å². The molecule has 0 bridgehead atoms. The molecule has 1 aromatic heterocycles. The van der Waals surface area contributed by atoms with Crippen molar-refractivity contribution >= 4 is 40.2 Å². The van der Waals surface area contributed by atoms with Gasteiger partial charge in [-0.3, -0.25) is 14.4 Å². The van der Waals surface area contributed by atoms with Gasteiger partial charge in [-0.1, -0.05) is 151 Å². The molecule has 362 valence electrons. The van der Waals surface area contributed by atoms with Gasteiger partial charge in [0.1, 0.15) is 24.4 Å². The molecule has 3 amide bonds. The highest BCUT2D eigenvalue weighted by Gasteiger charge is 2.44. The number of carbonyl (C=O) groups is 3. The number of likely N-dealkylation sites (N-methyl/N-ethyl adjacent to an activating group) is 1. The monoisotopic (exact) mass is 940 g/mol. The Hall–Kier alpha value is -5.62. The third-order valence-corrected chi connectivity index (χ3v) is 14.0. The van der Waals surface area contributed by atoms with Crippen molar-refractivity contribution < 1.29 is 24.2 Å². The fraction of sp³-hybridized carbons (Fsp3) is 0.439. The van der Waals surface area contributed by atoms with E-state index in [9.17, 15) is 19.5 Å². The summed E-state index contributed by atoms with van der Waals surface area (Å²) in [5.74, 6) is 0.0163. The maximum Gasteiger partial charge on any atom is 0.246 e. The number of benzene rings is 4. The molecule has 0 radical (unpaired) electrons. The van der Waals surface area contributed by atoms with Crippen molar-refractivity contribution in [2.45, 2.75) is 124 Å². The molecule has 1 aliphatic heterocycles. The zero-order valence-electron chi connectivity index (χ0n) is 41.3. The van der Waals surface area contributed by atoms with Crippen molar-refractivity contribution in [3.8, 4) is 16.2 Å². The predicted molar refractivity (Wildman–Crippen MR) is 277 cm³/mol. The van der Waals surface area contributed by atoms with Crippen molar-refractivity contribution in [2.75, 3.05) is 32.8 Å². The topological polar surface area (TPSA) is 124 Å². The molecule has 0 saturated carbocycles. The Morgan fingerprint density at radius 3 is 2.07 bits per heavy atom. The quantitative estimate of drug-likeness (QED) is 0.0440. The van der Waals surface area contributed by atoms with Crippen molar-refractivity contribution in [2.24, 2.45) is 5.41 Å². The molecule has 2 heterocycles. The highest BCUT2D eigenvalue weighted by molar-refractivity contribution is 7.13. The van der Waals surface area contributed by atoms with Crippen LogP contribution in [0.4, 0.5) is 0 Å². The zero-order chi connectivity index (χ0) is 48.6. The summed E-state index contributed by atoms with van der Waals surface area (Å²) in [5, 5.41) is 16.8. The van der Waals surface area contributed by atoms with E-state index in [1.165, 1.54) is 32.7 Å². The number of rotatable bonds is 23. The van der Waals surface area contributed by atoms with Crippen LogP contribution in [0.3, 0.4) is 0 Å². The van der Waals surface area contributed by atoms with Crippen LogP contribution in [0, 0.1) is 12.3 Å². The van der Waals surface area contributed by atoms with Gasteiger partial charge >= 0.3 is 0 Å². The molecule has 0 unspecified atom stereocenters. The number of thiazole rings is 1. The molecule has 3 N–H and O–H groups in total. The summed E-state index contributed by atoms with van der Waals surface area (Å²) in [6, 6.07) is 35.8. The van der Waals surface area contributed by atoms with Crippen LogP contribution in [-0.2, 0) is 14.4 Å². The van der Waals surface area contributed by atoms with Crippen LogP contribution < -0.4 is 15.4 Å². The summed E-state index contributed by atoms with van der Waals surface area (Å²) < 4.78 is 6.24. The Morgan fingerprint density at radius 2 is 1.46 bits per heavy atom. The average molecular weight is 940 g/mol. The second kappa shape index (κ2) is 25.1. The predicted octanol–water partition coefficient (Wildman–Crippen LogP) is 10.9. The zero-order valence-corrected chi connectivity index (χ0v) is 42.1. The van der Waals surface area contributed by atoms with Crippen LogP contribution in [0.15, 0.2) is 115 Å². The highest BCUT2D eigenvalue weighted by Crippen LogP contribution is 2.35. The Bertz CT molecular complexity index is 2390. The number of aliphatic hydroxyl groups is 1. The van der Waals surface area contributed by atoms with Gasteiger partial charge in [0.05, 0.1) is 28.2 Å². The molecule has 0 aliphatic carbocycles. The smallest absolute Gasteiger partial charge is 0.246 e. The first-order valence-corrected chi connectivity index (χ1v) is 25.5. The highest BCUT2D eigenvalue weighted by atomic mass is 32.1. The van der Waals surface area contributed by atoms with Gasteiger partial charge in [-0.15, -0.1) is 11.3 Å². The second-order valence-electron chi connectivity index (χ2n) is 19.1. The lowest BCUT2D eigenvalue weighted by Gasteiger charge is -2.35. The van der Waals surface area contributed by atoms with Crippen molar-refractivity contribution in [1.82, 2.24) is 25.4 Å². The number of nitrogens with zero attached hydrogens (tertiary/aromatic N) is 3. The fourth-order valence-electron chi connectivity index (χ4n) is 9.12. The number of unbranched alkanes of at least 4 members (excludes halogenated alkanes) is 4. The third kappa shape index (κ3) is 14.2. The summed E-state index contributed by atoms with van der Waals surface area (Å²) >= 11 is 1.59. The van der Waals surface area contributed by atoms with Gasteiger partial charge in [-0.25, -0.2) is 4.98 Å². The maximum atomic E-state index is 14.1. The molecule has 10 nitrogen and oxygen atoms in total. The van der Waals surface area contributed by atoms with E-state index in [2.05, 4.69) is 119 Å². The second-order valence-corrected chi connectivity index (χ2v) is 20.0. The van der Waals surface area contributed by atoms with Crippen LogP contribution in [0.2, 0.25) is 0 Å². The van der Waals surface area contributed by atoms with E-state index < -0.39 is 23.6 Å². The SMILES string of the molecule is CC/C(=C(\c1ccccc1)c1ccc(OCCN(CC)CCCCCCCC(=O)N[C@H](C(=O)N2C[C@H](O)C[C@H]2C(=O)N[C@@H](C)c2ccc(-c3scnc3C)cc2)C(C)(C)C)cc1)c1ccccc1. The fourth-order valence-corrected chi connectivity index (χ4v) is 9.93. The summed E-state index contributed by atoms with van der Waals surface area (Å²) in [7, 11) is 0. The first kappa shape index (κ1) is 51.8. The molecular weight excluding hydrogens is 867 g/mol. The van der Waals surface area contributed by atoms with Crippen LogP contribution in [0.1, 0.15) is 127 Å². The molecule has 0 spiro atoms. The van der Waals surface area contributed by atoms with Crippen molar-refractivity contribution in [3.63, 3.8) is 0 Å².